The number of hydrogen-bond acceptors (Lipinski definition) is 2. The van der Waals surface area contributed by atoms with Crippen molar-refractivity contribution in [3.8, 4) is 0 Å². The van der Waals surface area contributed by atoms with Gasteiger partial charge in [-0.15, -0.1) is 0 Å². The number of halogens is 3. The molecule has 4 nitrogen and oxygen atoms in total. The van der Waals surface area contributed by atoms with E-state index in [4.69, 9.17) is 0 Å². The first-order valence-electron chi connectivity index (χ1n) is 7.99. The molecule has 1 N–H and O–H groups in total. The molecule has 0 aliphatic carbocycles. The summed E-state index contributed by atoms with van der Waals surface area (Å²) in [4.78, 5) is 24.8. The summed E-state index contributed by atoms with van der Waals surface area (Å²) in [5.74, 6) is -5.44. The lowest BCUT2D eigenvalue weighted by Crippen LogP contribution is -2.33. The second-order valence-corrected chi connectivity index (χ2v) is 5.96. The normalized spacial score (nSPS) is 10.5. The number of benzene rings is 2. The Bertz CT molecular complexity index is 853. The Labute approximate surface area is 149 Å². The second kappa shape index (κ2) is 8.03. The van der Waals surface area contributed by atoms with Crippen molar-refractivity contribution >= 4 is 23.2 Å². The van der Waals surface area contributed by atoms with Crippen molar-refractivity contribution in [3.05, 3.63) is 58.9 Å². The number of anilines is 2. The molecule has 0 radical (unpaired) electrons. The van der Waals surface area contributed by atoms with E-state index in [0.717, 1.165) is 35.1 Å². The monoisotopic (exact) mass is 364 g/mol. The number of nitrogens with zero attached hydrogens (tertiary/aromatic N) is 1. The Kier molecular flexibility index (Phi) is 6.02. The van der Waals surface area contributed by atoms with E-state index in [2.05, 4.69) is 5.32 Å². The van der Waals surface area contributed by atoms with Crippen LogP contribution in [0.4, 0.5) is 24.5 Å². The molecule has 2 rings (SSSR count). The maximum Gasteiger partial charge on any atom is 0.226 e. The fourth-order valence-corrected chi connectivity index (χ4v) is 2.43. The van der Waals surface area contributed by atoms with Crippen LogP contribution in [0.1, 0.15) is 24.5 Å². The predicted octanol–water partition coefficient (Wildman–Crippen LogP) is 4.10. The van der Waals surface area contributed by atoms with Gasteiger partial charge in [0.1, 0.15) is 0 Å². The van der Waals surface area contributed by atoms with Crippen molar-refractivity contribution < 1.29 is 22.8 Å². The molecule has 0 atom stereocenters. The van der Waals surface area contributed by atoms with Gasteiger partial charge in [0.2, 0.25) is 11.8 Å². The van der Waals surface area contributed by atoms with E-state index in [0.29, 0.717) is 5.69 Å². The fraction of sp³-hybridized carbons (Fsp3) is 0.263. The largest absolute Gasteiger partial charge is 0.326 e. The summed E-state index contributed by atoms with van der Waals surface area (Å²) in [6.07, 6.45) is -0.134. The molecule has 2 amide bonds. The van der Waals surface area contributed by atoms with E-state index in [-0.39, 0.29) is 18.9 Å². The molecule has 2 aromatic carbocycles. The number of rotatable bonds is 5. The predicted molar refractivity (Wildman–Crippen MR) is 93.5 cm³/mol. The zero-order valence-electron chi connectivity index (χ0n) is 14.7. The van der Waals surface area contributed by atoms with Crippen molar-refractivity contribution in [2.45, 2.75) is 27.2 Å². The summed E-state index contributed by atoms with van der Waals surface area (Å²) in [6, 6.07) is 7.13. The van der Waals surface area contributed by atoms with Gasteiger partial charge in [-0.25, -0.2) is 13.2 Å². The minimum absolute atomic E-state index is 0.134. The molecule has 0 fully saturated rings. The van der Waals surface area contributed by atoms with Gasteiger partial charge in [0.25, 0.3) is 0 Å². The first-order chi connectivity index (χ1) is 12.2. The highest BCUT2D eigenvalue weighted by Crippen LogP contribution is 2.24. The van der Waals surface area contributed by atoms with Crippen molar-refractivity contribution in [1.82, 2.24) is 0 Å². The van der Waals surface area contributed by atoms with Crippen molar-refractivity contribution in [3.63, 3.8) is 0 Å². The molecule has 7 heteroatoms. The van der Waals surface area contributed by atoms with E-state index in [1.54, 1.807) is 6.07 Å². The lowest BCUT2D eigenvalue weighted by molar-refractivity contribution is -0.117. The first kappa shape index (κ1) is 19.5. The zero-order chi connectivity index (χ0) is 19.4. The molecule has 0 saturated carbocycles. The summed E-state index contributed by atoms with van der Waals surface area (Å²) < 4.78 is 40.4. The Morgan fingerprint density at radius 1 is 1.00 bits per heavy atom. The van der Waals surface area contributed by atoms with Gasteiger partial charge in [0, 0.05) is 25.6 Å². The van der Waals surface area contributed by atoms with Crippen LogP contribution >= 0.6 is 0 Å². The van der Waals surface area contributed by atoms with Crippen LogP contribution in [0.2, 0.25) is 0 Å². The molecule has 0 heterocycles. The summed E-state index contributed by atoms with van der Waals surface area (Å²) >= 11 is 0. The molecule has 0 bridgehead atoms. The molecule has 26 heavy (non-hydrogen) atoms. The summed E-state index contributed by atoms with van der Waals surface area (Å²) in [6.45, 7) is 4.84. The van der Waals surface area contributed by atoms with E-state index in [1.165, 1.54) is 0 Å². The van der Waals surface area contributed by atoms with Gasteiger partial charge in [-0.3, -0.25) is 9.59 Å². The smallest absolute Gasteiger partial charge is 0.226 e. The minimum Gasteiger partial charge on any atom is -0.326 e. The number of amides is 2. The second-order valence-electron chi connectivity index (χ2n) is 5.96. The Morgan fingerprint density at radius 2 is 1.69 bits per heavy atom. The van der Waals surface area contributed by atoms with Crippen molar-refractivity contribution in [2.24, 2.45) is 0 Å². The molecule has 0 aromatic heterocycles. The molecule has 2 aromatic rings. The fourth-order valence-electron chi connectivity index (χ4n) is 2.43. The standard InChI is InChI=1S/C19H19F3N2O2/c1-11-4-5-14(10-12(11)2)23-17(26)8-9-24(13(3)25)16-7-6-15(20)18(21)19(16)22/h4-7,10H,8-9H2,1-3H3,(H,23,26). The number of carbonyl (C=O) groups is 2. The maximum atomic E-state index is 13.9. The number of nitrogens with one attached hydrogen (secondary N) is 1. The molecule has 0 unspecified atom stereocenters. The quantitative estimate of drug-likeness (QED) is 0.812. The molecular formula is C19H19F3N2O2. The lowest BCUT2D eigenvalue weighted by atomic mass is 10.1. The lowest BCUT2D eigenvalue weighted by Gasteiger charge is -2.21. The Hall–Kier alpha value is -2.83. The van der Waals surface area contributed by atoms with E-state index >= 15 is 0 Å². The van der Waals surface area contributed by atoms with Crippen LogP contribution in [0.5, 0.6) is 0 Å². The Balaban J connectivity index is 2.09. The molecule has 0 spiro atoms. The topological polar surface area (TPSA) is 49.4 Å². The van der Waals surface area contributed by atoms with E-state index in [9.17, 15) is 22.8 Å². The third-order valence-electron chi connectivity index (χ3n) is 4.04. The van der Waals surface area contributed by atoms with Crippen LogP contribution in [-0.4, -0.2) is 18.4 Å². The maximum absolute atomic E-state index is 13.9. The Morgan fingerprint density at radius 3 is 2.31 bits per heavy atom. The van der Waals surface area contributed by atoms with Gasteiger partial charge in [0.05, 0.1) is 5.69 Å². The van der Waals surface area contributed by atoms with E-state index in [1.807, 2.05) is 26.0 Å². The summed E-state index contributed by atoms with van der Waals surface area (Å²) in [7, 11) is 0. The third kappa shape index (κ3) is 4.41. The number of hydrogen-bond donors (Lipinski definition) is 1. The van der Waals surface area contributed by atoms with Gasteiger partial charge in [-0.05, 0) is 49.2 Å². The highest BCUT2D eigenvalue weighted by atomic mass is 19.2. The molecular weight excluding hydrogens is 345 g/mol. The first-order valence-corrected chi connectivity index (χ1v) is 7.99. The minimum atomic E-state index is -1.66. The molecule has 0 aliphatic heterocycles. The van der Waals surface area contributed by atoms with Gasteiger partial charge < -0.3 is 10.2 Å². The zero-order valence-corrected chi connectivity index (χ0v) is 14.7. The van der Waals surface area contributed by atoms with Crippen molar-refractivity contribution in [1.29, 1.82) is 0 Å². The third-order valence-corrected chi connectivity index (χ3v) is 4.04. The SMILES string of the molecule is CC(=O)N(CCC(=O)Nc1ccc(C)c(C)c1)c1ccc(F)c(F)c1F. The average Bonchev–Trinajstić information content (AvgIpc) is 2.57. The van der Waals surface area contributed by atoms with Crippen LogP contribution in [0.15, 0.2) is 30.3 Å². The van der Waals surface area contributed by atoms with Crippen LogP contribution in [0.3, 0.4) is 0 Å². The summed E-state index contributed by atoms with van der Waals surface area (Å²) in [5.41, 5.74) is 2.29. The highest BCUT2D eigenvalue weighted by molar-refractivity contribution is 5.95. The van der Waals surface area contributed by atoms with Gasteiger partial charge >= 0.3 is 0 Å². The number of aryl methyl sites for hydroxylation is 2. The van der Waals surface area contributed by atoms with Crippen molar-refractivity contribution in [2.75, 3.05) is 16.8 Å². The molecule has 138 valence electrons. The highest BCUT2D eigenvalue weighted by Gasteiger charge is 2.21. The van der Waals surface area contributed by atoms with Crippen LogP contribution < -0.4 is 10.2 Å². The van der Waals surface area contributed by atoms with Crippen LogP contribution in [-0.2, 0) is 9.59 Å². The molecule has 0 saturated heterocycles. The summed E-state index contributed by atoms with van der Waals surface area (Å²) in [5, 5.41) is 2.69. The average molecular weight is 364 g/mol. The number of carbonyl (C=O) groups excluding carboxylic acids is 2. The van der Waals surface area contributed by atoms with Crippen LogP contribution in [0, 0.1) is 31.3 Å². The van der Waals surface area contributed by atoms with E-state index < -0.39 is 29.0 Å². The van der Waals surface area contributed by atoms with Gasteiger partial charge in [-0.1, -0.05) is 6.07 Å². The molecule has 0 aliphatic rings. The van der Waals surface area contributed by atoms with Gasteiger partial charge in [-0.2, -0.15) is 0 Å². The van der Waals surface area contributed by atoms with Crippen LogP contribution in [0.25, 0.3) is 0 Å². The van der Waals surface area contributed by atoms with Gasteiger partial charge in [0.15, 0.2) is 17.5 Å².